The molecule has 0 amide bonds. The fourth-order valence-corrected chi connectivity index (χ4v) is 17.7. The first-order valence-corrected chi connectivity index (χ1v) is 30.8. The monoisotopic (exact) mass is 1240 g/mol. The summed E-state index contributed by atoms with van der Waals surface area (Å²) in [5.74, 6) is -0.929. The van der Waals surface area contributed by atoms with Gasteiger partial charge < -0.3 is 129 Å². The van der Waals surface area contributed by atoms with Crippen molar-refractivity contribution in [3.8, 4) is 0 Å². The van der Waals surface area contributed by atoms with Gasteiger partial charge in [-0.2, -0.15) is 0 Å². The number of carbonyl (C=O) groups excluding carboxylic acids is 1. The quantitative estimate of drug-likeness (QED) is 0.0454. The molecule has 0 unspecified atom stereocenters. The van der Waals surface area contributed by atoms with Crippen molar-refractivity contribution in [1.29, 1.82) is 0 Å². The van der Waals surface area contributed by atoms with Crippen LogP contribution in [0.15, 0.2) is 11.6 Å². The SMILES string of the molecule is C[C@@H]1O[C@@H](O[C@H]2[C@H](O[C@H]3CC[C@@]4(C)[C@@H](CC[C@]5(C)[C@@H]4CC=C4[C@@H]6CC(C)(C)CC[C@]6(C(=O)O[C@@H]6O[C@H](CO)[C@@H](O[C@@H]7O[C@H](CO)[C@@H](O)[C@H](O)[C@H]7O)[C@H](O)[C@H]6O)CC[C@]45C)[C@]3(C)CO)OC[C@@H](O)[C@@H]2O)[C@H](O)[C@H](O[C@@H]2O[C@H](CO)[C@@H](O)[C@H](O)[C@H]2O)[C@H]1O. The van der Waals surface area contributed by atoms with Crippen LogP contribution >= 0.6 is 0 Å². The molecular weight excluding hydrogens is 1140 g/mol. The Morgan fingerprint density at radius 1 is 0.535 bits per heavy atom. The highest BCUT2D eigenvalue weighted by Crippen LogP contribution is 2.76. The largest absolute Gasteiger partial charge is 0.432 e. The Kier molecular flexibility index (Phi) is 19.4. The Labute approximate surface area is 499 Å². The number of allylic oxidation sites excluding steroid dienone is 2. The average molecular weight is 1240 g/mol. The van der Waals surface area contributed by atoms with Crippen LogP contribution in [0.3, 0.4) is 0 Å². The summed E-state index contributed by atoms with van der Waals surface area (Å²) in [4.78, 5) is 15.1. The molecule has 0 aromatic heterocycles. The molecule has 10 aliphatic rings. The molecule has 5 saturated heterocycles. The van der Waals surface area contributed by atoms with Crippen molar-refractivity contribution >= 4 is 5.97 Å². The van der Waals surface area contributed by atoms with Crippen molar-refractivity contribution in [2.45, 2.75) is 266 Å². The molecule has 5 aliphatic heterocycles. The summed E-state index contributed by atoms with van der Waals surface area (Å²) in [6.45, 7) is 11.8. The van der Waals surface area contributed by atoms with E-state index < -0.39 is 196 Å². The number of hydrogen-bond acceptors (Lipinski definition) is 27. The Morgan fingerprint density at radius 2 is 1.09 bits per heavy atom. The van der Waals surface area contributed by atoms with Crippen molar-refractivity contribution in [1.82, 2.24) is 0 Å². The van der Waals surface area contributed by atoms with Crippen LogP contribution in [0.25, 0.3) is 0 Å². The molecule has 9 fully saturated rings. The van der Waals surface area contributed by atoms with Gasteiger partial charge in [0.25, 0.3) is 0 Å². The smallest absolute Gasteiger partial charge is 0.315 e. The van der Waals surface area contributed by atoms with E-state index in [1.165, 1.54) is 12.5 Å². The lowest BCUT2D eigenvalue weighted by atomic mass is 9.33. The topological polar surface area (TPSA) is 433 Å². The zero-order chi connectivity index (χ0) is 62.7. The fourth-order valence-electron chi connectivity index (χ4n) is 17.7. The lowest BCUT2D eigenvalue weighted by Gasteiger charge is -2.71. The highest BCUT2D eigenvalue weighted by Gasteiger charge is 2.71. The van der Waals surface area contributed by atoms with Gasteiger partial charge in [0.1, 0.15) is 110 Å². The molecule has 16 N–H and O–H groups in total. The Morgan fingerprint density at radius 3 is 1.70 bits per heavy atom. The number of ether oxygens (including phenoxy) is 10. The third kappa shape index (κ3) is 11.1. The molecule has 0 aromatic rings. The van der Waals surface area contributed by atoms with Crippen LogP contribution in [0.5, 0.6) is 0 Å². The van der Waals surface area contributed by atoms with E-state index in [1.54, 1.807) is 0 Å². The summed E-state index contributed by atoms with van der Waals surface area (Å²) < 4.78 is 59.7. The van der Waals surface area contributed by atoms with E-state index >= 15 is 4.79 Å². The third-order valence-electron chi connectivity index (χ3n) is 23.3. The van der Waals surface area contributed by atoms with Crippen molar-refractivity contribution in [2.75, 3.05) is 33.0 Å². The van der Waals surface area contributed by atoms with E-state index in [2.05, 4.69) is 40.7 Å². The van der Waals surface area contributed by atoms with Gasteiger partial charge in [-0.15, -0.1) is 0 Å². The lowest BCUT2D eigenvalue weighted by molar-refractivity contribution is -0.383. The number of fused-ring (bicyclic) bond motifs is 7. The minimum atomic E-state index is -1.91. The summed E-state index contributed by atoms with van der Waals surface area (Å²) in [6.07, 6.45) is -31.7. The molecular formula is C59H96O27. The summed E-state index contributed by atoms with van der Waals surface area (Å²) in [5, 5.41) is 173. The zero-order valence-corrected chi connectivity index (χ0v) is 50.0. The molecule has 5 aliphatic carbocycles. The van der Waals surface area contributed by atoms with Crippen molar-refractivity contribution in [2.24, 2.45) is 50.2 Å². The van der Waals surface area contributed by atoms with Gasteiger partial charge in [0.05, 0.1) is 50.7 Å². The van der Waals surface area contributed by atoms with Crippen molar-refractivity contribution < 1.29 is 134 Å². The minimum Gasteiger partial charge on any atom is -0.432 e. The number of hydrogen-bond donors (Lipinski definition) is 16. The molecule has 0 spiro atoms. The maximum Gasteiger partial charge on any atom is 0.315 e. The molecule has 4 saturated carbocycles. The first-order chi connectivity index (χ1) is 40.4. The molecule has 0 aromatic carbocycles. The van der Waals surface area contributed by atoms with E-state index in [0.717, 1.165) is 6.42 Å². The predicted octanol–water partition coefficient (Wildman–Crippen LogP) is -3.57. The van der Waals surface area contributed by atoms with Crippen molar-refractivity contribution in [3.63, 3.8) is 0 Å². The van der Waals surface area contributed by atoms with E-state index in [0.29, 0.717) is 57.8 Å². The molecule has 0 bridgehead atoms. The second-order valence-electron chi connectivity index (χ2n) is 28.5. The summed E-state index contributed by atoms with van der Waals surface area (Å²) in [7, 11) is 0. The molecule has 33 atom stereocenters. The van der Waals surface area contributed by atoms with Crippen LogP contribution in [0.4, 0.5) is 0 Å². The zero-order valence-electron chi connectivity index (χ0n) is 50.0. The standard InChI is InChI=1S/C59H96O27/c1-24-34(65)46(84-49-42(73)39(70)37(68)29(20-61)80-49)44(75)51(78-24)85-47-35(66)27(64)22-77-52(47)82-33-11-12-55(4)31(56(33,5)23-63)10-13-58(7)32(55)9-8-25-26-18-54(2,3)14-16-59(26,17-15-57(25,58)6)53(76)86-50-43(74)40(71)45(30(21-62)81-50)83-48-41(72)38(69)36(67)28(19-60)79-48/h8,24,26-52,60-75H,9-23H2,1-7H3/t24-,26-,27+,28+,29+,30+,31+,32+,33-,34-,35-,36+,37+,38-,39-,40+,41+,42+,43+,44+,45+,46+,47+,48-,49-,50-,51-,52-,55-,56-,57+,58+,59-/m0/s1. The van der Waals surface area contributed by atoms with Crippen LogP contribution in [-0.2, 0) is 52.2 Å². The molecule has 5 heterocycles. The Bertz CT molecular complexity index is 2380. The van der Waals surface area contributed by atoms with Gasteiger partial charge in [0, 0.05) is 5.41 Å². The summed E-state index contributed by atoms with van der Waals surface area (Å²) in [6, 6.07) is 0. The highest BCUT2D eigenvalue weighted by atomic mass is 16.8. The second kappa shape index (κ2) is 24.9. The lowest BCUT2D eigenvalue weighted by Crippen LogP contribution is -2.67. The van der Waals surface area contributed by atoms with Crippen LogP contribution < -0.4 is 0 Å². The van der Waals surface area contributed by atoms with Gasteiger partial charge in [-0.1, -0.05) is 53.2 Å². The van der Waals surface area contributed by atoms with Crippen LogP contribution in [0, 0.1) is 50.2 Å². The van der Waals surface area contributed by atoms with E-state index in [4.69, 9.17) is 47.4 Å². The van der Waals surface area contributed by atoms with Gasteiger partial charge >= 0.3 is 5.97 Å². The maximum absolute atomic E-state index is 15.1. The first-order valence-electron chi connectivity index (χ1n) is 30.8. The Hall–Kier alpha value is -1.79. The summed E-state index contributed by atoms with van der Waals surface area (Å²) in [5.41, 5.74) is -2.07. The predicted molar refractivity (Wildman–Crippen MR) is 289 cm³/mol. The molecule has 86 heavy (non-hydrogen) atoms. The number of rotatable bonds is 14. The van der Waals surface area contributed by atoms with E-state index in [1.807, 2.05) is 6.92 Å². The van der Waals surface area contributed by atoms with Gasteiger partial charge in [-0.3, -0.25) is 4.79 Å². The highest BCUT2D eigenvalue weighted by molar-refractivity contribution is 5.79. The molecule has 27 heteroatoms. The van der Waals surface area contributed by atoms with Crippen LogP contribution in [0.1, 0.15) is 113 Å². The van der Waals surface area contributed by atoms with Gasteiger partial charge in [0.15, 0.2) is 25.2 Å². The average Bonchev–Trinajstić information content (AvgIpc) is 0.694. The first kappa shape index (κ1) is 67.1. The van der Waals surface area contributed by atoms with Gasteiger partial charge in [0.2, 0.25) is 6.29 Å². The maximum atomic E-state index is 15.1. The molecule has 27 nitrogen and oxygen atoms in total. The van der Waals surface area contributed by atoms with E-state index in [9.17, 15) is 81.7 Å². The van der Waals surface area contributed by atoms with Crippen molar-refractivity contribution in [3.05, 3.63) is 11.6 Å². The number of carbonyl (C=O) groups is 1. The van der Waals surface area contributed by atoms with Crippen LogP contribution in [-0.4, -0.2) is 274 Å². The number of aliphatic hydroxyl groups is 16. The molecule has 10 rings (SSSR count). The van der Waals surface area contributed by atoms with Gasteiger partial charge in [-0.05, 0) is 111 Å². The van der Waals surface area contributed by atoms with Gasteiger partial charge in [-0.25, -0.2) is 0 Å². The second-order valence-corrected chi connectivity index (χ2v) is 28.5. The fraction of sp³-hybridized carbons (Fsp3) is 0.949. The number of esters is 1. The minimum absolute atomic E-state index is 0.0885. The molecule has 494 valence electrons. The number of aliphatic hydroxyl groups excluding tert-OH is 16. The van der Waals surface area contributed by atoms with Crippen LogP contribution in [0.2, 0.25) is 0 Å². The Balaban J connectivity index is 0.850. The third-order valence-corrected chi connectivity index (χ3v) is 23.3. The molecule has 0 radical (unpaired) electrons. The normalized spacial score (nSPS) is 54.8. The summed E-state index contributed by atoms with van der Waals surface area (Å²) >= 11 is 0. The van der Waals surface area contributed by atoms with E-state index in [-0.39, 0.29) is 47.2 Å².